The van der Waals surface area contributed by atoms with Gasteiger partial charge in [-0.1, -0.05) is 32.3 Å². The van der Waals surface area contributed by atoms with Gasteiger partial charge in [0.05, 0.1) is 18.2 Å². The van der Waals surface area contributed by atoms with Crippen molar-refractivity contribution in [1.29, 1.82) is 0 Å². The summed E-state index contributed by atoms with van der Waals surface area (Å²) in [6.45, 7) is 3.45. The Kier molecular flexibility index (Phi) is 4.28. The Morgan fingerprint density at radius 3 is 2.47 bits per heavy atom. The van der Waals surface area contributed by atoms with Crippen LogP contribution in [0.3, 0.4) is 0 Å². The zero-order valence-electron chi connectivity index (χ0n) is 15.0. The average Bonchev–Trinajstić information content (AvgIpc) is 2.41. The predicted octanol–water partition coefficient (Wildman–Crippen LogP) is 3.27. The monoisotopic (exact) mass is 268 g/mol. The van der Waals surface area contributed by atoms with Crippen LogP contribution >= 0.6 is 0 Å². The molecule has 108 valence electrons. The van der Waals surface area contributed by atoms with E-state index in [0.29, 0.717) is 12.2 Å². The highest BCUT2D eigenvalue weighted by Crippen LogP contribution is 2.24. The van der Waals surface area contributed by atoms with Crippen LogP contribution in [0.4, 0.5) is 0 Å². The Labute approximate surface area is 121 Å². The SMILES string of the molecule is [2H]C([2H])([2H])[C@@H](CCC)COc1ccc(C(N)C(C)(C)O)cc1. The van der Waals surface area contributed by atoms with Crippen LogP contribution in [0.25, 0.3) is 0 Å². The molecule has 0 aliphatic heterocycles. The first kappa shape index (κ1) is 11.7. The summed E-state index contributed by atoms with van der Waals surface area (Å²) >= 11 is 0. The third kappa shape index (κ3) is 5.21. The Bertz CT molecular complexity index is 452. The van der Waals surface area contributed by atoms with Gasteiger partial charge in [0.15, 0.2) is 0 Å². The molecule has 0 heterocycles. The van der Waals surface area contributed by atoms with E-state index in [1.807, 2.05) is 6.92 Å². The van der Waals surface area contributed by atoms with Gasteiger partial charge >= 0.3 is 0 Å². The number of nitrogens with two attached hydrogens (primary N) is 1. The lowest BCUT2D eigenvalue weighted by atomic mass is 9.93. The quantitative estimate of drug-likeness (QED) is 0.798. The van der Waals surface area contributed by atoms with Gasteiger partial charge in [0.2, 0.25) is 0 Å². The fraction of sp³-hybridized carbons (Fsp3) is 0.625. The molecule has 0 aliphatic rings. The molecular weight excluding hydrogens is 238 g/mol. The lowest BCUT2D eigenvalue weighted by Gasteiger charge is -2.26. The summed E-state index contributed by atoms with van der Waals surface area (Å²) in [4.78, 5) is 0. The predicted molar refractivity (Wildman–Crippen MR) is 79.2 cm³/mol. The first-order chi connectivity index (χ1) is 10.1. The van der Waals surface area contributed by atoms with E-state index in [-0.39, 0.29) is 6.61 Å². The smallest absolute Gasteiger partial charge is 0.119 e. The highest BCUT2D eigenvalue weighted by molar-refractivity contribution is 5.30. The van der Waals surface area contributed by atoms with Crippen molar-refractivity contribution in [3.8, 4) is 5.75 Å². The largest absolute Gasteiger partial charge is 0.493 e. The van der Waals surface area contributed by atoms with Gasteiger partial charge in [-0.3, -0.25) is 0 Å². The number of hydrogen-bond acceptors (Lipinski definition) is 3. The molecule has 0 bridgehead atoms. The van der Waals surface area contributed by atoms with Gasteiger partial charge in [-0.25, -0.2) is 0 Å². The van der Waals surface area contributed by atoms with Gasteiger partial charge in [0, 0.05) is 4.11 Å². The summed E-state index contributed by atoms with van der Waals surface area (Å²) in [6.07, 6.45) is 1.42. The Morgan fingerprint density at radius 2 is 2.00 bits per heavy atom. The van der Waals surface area contributed by atoms with E-state index in [0.717, 1.165) is 12.0 Å². The zero-order chi connectivity index (χ0) is 17.0. The summed E-state index contributed by atoms with van der Waals surface area (Å²) in [5.74, 6) is 0.146. The van der Waals surface area contributed by atoms with Gasteiger partial charge in [0.25, 0.3) is 0 Å². The minimum Gasteiger partial charge on any atom is -0.493 e. The molecule has 0 aromatic heterocycles. The molecule has 1 rings (SSSR count). The number of ether oxygens (including phenoxy) is 1. The number of aliphatic hydroxyl groups is 1. The van der Waals surface area contributed by atoms with Crippen molar-refractivity contribution in [2.45, 2.75) is 52.1 Å². The Hall–Kier alpha value is -1.06. The molecule has 1 unspecified atom stereocenters. The van der Waals surface area contributed by atoms with Crippen LogP contribution in [0.5, 0.6) is 5.75 Å². The second kappa shape index (κ2) is 6.92. The van der Waals surface area contributed by atoms with Crippen LogP contribution < -0.4 is 10.5 Å². The average molecular weight is 268 g/mol. The summed E-state index contributed by atoms with van der Waals surface area (Å²) in [6, 6.07) is 6.61. The van der Waals surface area contributed by atoms with E-state index in [9.17, 15) is 5.11 Å². The fourth-order valence-corrected chi connectivity index (χ4v) is 1.81. The molecule has 0 spiro atoms. The second-order valence-electron chi connectivity index (χ2n) is 5.50. The van der Waals surface area contributed by atoms with Gasteiger partial charge < -0.3 is 15.6 Å². The molecule has 1 aromatic rings. The minimum atomic E-state index is -2.00. The Morgan fingerprint density at radius 1 is 1.37 bits per heavy atom. The van der Waals surface area contributed by atoms with Crippen LogP contribution in [0, 0.1) is 5.92 Å². The van der Waals surface area contributed by atoms with Crippen molar-refractivity contribution >= 4 is 0 Å². The summed E-state index contributed by atoms with van der Waals surface area (Å²) in [7, 11) is 0. The second-order valence-corrected chi connectivity index (χ2v) is 5.50. The maximum Gasteiger partial charge on any atom is 0.119 e. The number of rotatable bonds is 7. The van der Waals surface area contributed by atoms with Crippen molar-refractivity contribution in [1.82, 2.24) is 0 Å². The molecule has 2 atom stereocenters. The van der Waals surface area contributed by atoms with E-state index in [4.69, 9.17) is 14.6 Å². The van der Waals surface area contributed by atoms with Crippen molar-refractivity contribution < 1.29 is 14.0 Å². The number of benzene rings is 1. The Balaban J connectivity index is 2.68. The fourth-order valence-electron chi connectivity index (χ4n) is 1.81. The van der Waals surface area contributed by atoms with Crippen LogP contribution in [-0.4, -0.2) is 17.3 Å². The lowest BCUT2D eigenvalue weighted by Crippen LogP contribution is -2.34. The highest BCUT2D eigenvalue weighted by atomic mass is 16.5. The van der Waals surface area contributed by atoms with Crippen LogP contribution in [0.1, 0.15) is 56.2 Å². The maximum atomic E-state index is 9.91. The topological polar surface area (TPSA) is 55.5 Å². The van der Waals surface area contributed by atoms with Crippen molar-refractivity contribution in [3.05, 3.63) is 29.8 Å². The summed E-state index contributed by atoms with van der Waals surface area (Å²) < 4.78 is 28.2. The van der Waals surface area contributed by atoms with Gasteiger partial charge in [-0.05, 0) is 43.9 Å². The first-order valence-corrected chi connectivity index (χ1v) is 6.76. The molecule has 0 radical (unpaired) electrons. The molecule has 0 saturated heterocycles. The third-order valence-electron chi connectivity index (χ3n) is 3.09. The van der Waals surface area contributed by atoms with E-state index in [1.165, 1.54) is 0 Å². The lowest BCUT2D eigenvalue weighted by molar-refractivity contribution is 0.0517. The van der Waals surface area contributed by atoms with Gasteiger partial charge in [-0.2, -0.15) is 0 Å². The standard InChI is InChI=1S/C16H27NO2/c1-5-6-12(2)11-19-14-9-7-13(8-10-14)15(17)16(3,4)18/h7-10,12,15,18H,5-6,11,17H2,1-4H3/t12-,15?/m0/s1/i2D3. The summed E-state index contributed by atoms with van der Waals surface area (Å²) in [5, 5.41) is 9.91. The normalized spacial score (nSPS) is 18.1. The molecule has 0 amide bonds. The molecule has 3 nitrogen and oxygen atoms in total. The molecule has 0 aliphatic carbocycles. The van der Waals surface area contributed by atoms with Crippen LogP contribution in [0.2, 0.25) is 0 Å². The van der Waals surface area contributed by atoms with E-state index >= 15 is 0 Å². The van der Waals surface area contributed by atoms with Crippen LogP contribution in [-0.2, 0) is 0 Å². The van der Waals surface area contributed by atoms with Crippen molar-refractivity contribution in [3.63, 3.8) is 0 Å². The molecular formula is C16H27NO2. The van der Waals surface area contributed by atoms with Crippen molar-refractivity contribution in [2.24, 2.45) is 11.7 Å². The number of hydrogen-bond donors (Lipinski definition) is 2. The van der Waals surface area contributed by atoms with E-state index in [1.54, 1.807) is 38.1 Å². The van der Waals surface area contributed by atoms with Gasteiger partial charge in [-0.15, -0.1) is 0 Å². The molecule has 3 N–H and O–H groups in total. The minimum absolute atomic E-state index is 0.168. The van der Waals surface area contributed by atoms with Crippen LogP contribution in [0.15, 0.2) is 24.3 Å². The van der Waals surface area contributed by atoms with E-state index in [2.05, 4.69) is 0 Å². The van der Waals surface area contributed by atoms with E-state index < -0.39 is 24.4 Å². The van der Waals surface area contributed by atoms with Gasteiger partial charge in [0.1, 0.15) is 5.75 Å². The highest BCUT2D eigenvalue weighted by Gasteiger charge is 2.24. The third-order valence-corrected chi connectivity index (χ3v) is 3.09. The van der Waals surface area contributed by atoms with Crippen molar-refractivity contribution in [2.75, 3.05) is 6.61 Å². The molecule has 19 heavy (non-hydrogen) atoms. The maximum absolute atomic E-state index is 9.91. The first-order valence-electron chi connectivity index (χ1n) is 8.26. The zero-order valence-corrected chi connectivity index (χ0v) is 12.0. The molecule has 0 saturated carbocycles. The summed E-state index contributed by atoms with van der Waals surface area (Å²) in [5.41, 5.74) is 5.78. The molecule has 1 aromatic carbocycles. The molecule has 0 fully saturated rings. The molecule has 3 heteroatoms.